The highest BCUT2D eigenvalue weighted by Gasteiger charge is 2.44. The van der Waals surface area contributed by atoms with E-state index in [1.54, 1.807) is 0 Å². The summed E-state index contributed by atoms with van der Waals surface area (Å²) >= 11 is 0. The first kappa shape index (κ1) is 40.1. The first-order valence-corrected chi connectivity index (χ1v) is 25.9. The van der Waals surface area contributed by atoms with Crippen LogP contribution in [0.2, 0.25) is 0 Å². The van der Waals surface area contributed by atoms with Crippen molar-refractivity contribution < 1.29 is 4.42 Å². The molecule has 10 aromatic carbocycles. The van der Waals surface area contributed by atoms with E-state index in [4.69, 9.17) is 9.40 Å². The summed E-state index contributed by atoms with van der Waals surface area (Å²) in [4.78, 5) is 5.46. The fourth-order valence-electron chi connectivity index (χ4n) is 11.4. The van der Waals surface area contributed by atoms with Crippen LogP contribution in [0.15, 0.2) is 265 Å². The largest absolute Gasteiger partial charge is 0.456 e. The molecular formula is C65H43N3OSi. The van der Waals surface area contributed by atoms with Gasteiger partial charge in [-0.15, -0.1) is 0 Å². The van der Waals surface area contributed by atoms with E-state index in [2.05, 4.69) is 270 Å². The van der Waals surface area contributed by atoms with Crippen LogP contribution < -0.4 is 20.7 Å². The molecule has 4 heterocycles. The van der Waals surface area contributed by atoms with E-state index < -0.39 is 8.07 Å². The molecule has 0 N–H and O–H groups in total. The fraction of sp³-hybridized carbons (Fsp3) is 0. The van der Waals surface area contributed by atoms with E-state index in [-0.39, 0.29) is 0 Å². The van der Waals surface area contributed by atoms with Gasteiger partial charge in [0.05, 0.1) is 33.5 Å². The van der Waals surface area contributed by atoms with Crippen molar-refractivity contribution in [2.45, 2.75) is 0 Å². The lowest BCUT2D eigenvalue weighted by atomic mass is 10.1. The number of furan rings is 1. The molecule has 5 heteroatoms. The van der Waals surface area contributed by atoms with Gasteiger partial charge < -0.3 is 13.6 Å². The van der Waals surface area contributed by atoms with Crippen molar-refractivity contribution >= 4 is 94.4 Å². The minimum Gasteiger partial charge on any atom is -0.456 e. The lowest BCUT2D eigenvalue weighted by Crippen LogP contribution is -2.74. The number of nitrogens with zero attached hydrogens (tertiary/aromatic N) is 3. The Hall–Kier alpha value is -9.03. The maximum atomic E-state index is 6.89. The highest BCUT2D eigenvalue weighted by atomic mass is 28.3. The first-order chi connectivity index (χ1) is 34.7. The van der Waals surface area contributed by atoms with E-state index in [9.17, 15) is 0 Å². The summed E-state index contributed by atoms with van der Waals surface area (Å²) in [6.45, 7) is 0. The molecule has 0 bridgehead atoms. The summed E-state index contributed by atoms with van der Waals surface area (Å²) in [5.74, 6) is 0. The molecule has 0 aliphatic carbocycles. The normalized spacial score (nSPS) is 12.0. The number of pyridine rings is 1. The van der Waals surface area contributed by atoms with E-state index >= 15 is 0 Å². The van der Waals surface area contributed by atoms with E-state index in [0.717, 1.165) is 66.9 Å². The van der Waals surface area contributed by atoms with Crippen LogP contribution in [0.5, 0.6) is 0 Å². The van der Waals surface area contributed by atoms with Gasteiger partial charge in [0.15, 0.2) is 8.07 Å². The average Bonchev–Trinajstić information content (AvgIpc) is 4.10. The zero-order chi connectivity index (χ0) is 46.2. The Labute approximate surface area is 405 Å². The third kappa shape index (κ3) is 6.12. The molecule has 0 atom stereocenters. The van der Waals surface area contributed by atoms with Crippen LogP contribution in [-0.2, 0) is 0 Å². The Bertz CT molecular complexity index is 4220. The molecule has 0 amide bonds. The van der Waals surface area contributed by atoms with Crippen LogP contribution in [0.1, 0.15) is 0 Å². The highest BCUT2D eigenvalue weighted by Crippen LogP contribution is 2.38. The van der Waals surface area contributed by atoms with Gasteiger partial charge in [-0.3, -0.25) is 0 Å². The second-order valence-corrected chi connectivity index (χ2v) is 22.0. The van der Waals surface area contributed by atoms with Crippen LogP contribution in [-0.4, -0.2) is 22.2 Å². The lowest BCUT2D eigenvalue weighted by Gasteiger charge is -2.34. The molecule has 0 radical (unpaired) electrons. The molecule has 0 fully saturated rings. The molecule has 70 heavy (non-hydrogen) atoms. The highest BCUT2D eigenvalue weighted by molar-refractivity contribution is 7.20. The van der Waals surface area contributed by atoms with Gasteiger partial charge in [-0.05, 0) is 87.5 Å². The van der Waals surface area contributed by atoms with Gasteiger partial charge in [-0.1, -0.05) is 194 Å². The number of fused-ring (bicyclic) bond motifs is 9. The molecule has 4 nitrogen and oxygen atoms in total. The van der Waals surface area contributed by atoms with Gasteiger partial charge in [0.2, 0.25) is 0 Å². The van der Waals surface area contributed by atoms with Crippen LogP contribution in [0.3, 0.4) is 0 Å². The standard InChI is InChI=1S/C65H43N3OSi/c1-3-22-48(23-4-1)70(49-24-5-2-6-25-49,64-38-17-31-55-54-30-10-14-37-63(54)69-65(55)64)50-26-16-20-45(42-50)58-33-18-32-57(66-58)44-19-15-21-46(41-44)67-61-36-13-9-29-53(61)56-43-47(39-40-62(56)67)68-59-34-11-7-27-51(59)52-28-8-12-35-60(52)68/h1-43H. The van der Waals surface area contributed by atoms with Crippen molar-refractivity contribution in [3.63, 3.8) is 0 Å². The maximum Gasteiger partial charge on any atom is 0.184 e. The summed E-state index contributed by atoms with van der Waals surface area (Å²) in [7, 11) is -3.02. The zero-order valence-electron chi connectivity index (χ0n) is 38.1. The summed E-state index contributed by atoms with van der Waals surface area (Å²) in [6.07, 6.45) is 0. The number of hydrogen-bond donors (Lipinski definition) is 0. The summed E-state index contributed by atoms with van der Waals surface area (Å²) in [5, 5.41) is 12.3. The van der Waals surface area contributed by atoms with Crippen LogP contribution in [0, 0.1) is 0 Å². The van der Waals surface area contributed by atoms with Crippen molar-refractivity contribution in [2.75, 3.05) is 0 Å². The average molecular weight is 910 g/mol. The van der Waals surface area contributed by atoms with Gasteiger partial charge in [0, 0.05) is 54.8 Å². The summed E-state index contributed by atoms with van der Waals surface area (Å²) < 4.78 is 11.7. The molecule has 0 unspecified atom stereocenters. The monoisotopic (exact) mass is 909 g/mol. The molecule has 0 aliphatic rings. The summed E-state index contributed by atoms with van der Waals surface area (Å²) in [6, 6.07) is 94.7. The fourth-order valence-corrected chi connectivity index (χ4v) is 16.3. The van der Waals surface area contributed by atoms with Crippen molar-refractivity contribution in [2.24, 2.45) is 0 Å². The van der Waals surface area contributed by atoms with Crippen LogP contribution in [0.25, 0.3) is 99.4 Å². The molecule has 0 aliphatic heterocycles. The minimum absolute atomic E-state index is 0.899. The quantitative estimate of drug-likeness (QED) is 0.112. The van der Waals surface area contributed by atoms with Gasteiger partial charge >= 0.3 is 0 Å². The van der Waals surface area contributed by atoms with Gasteiger partial charge in [0.25, 0.3) is 0 Å². The van der Waals surface area contributed by atoms with E-state index in [1.165, 1.54) is 53.3 Å². The smallest absolute Gasteiger partial charge is 0.184 e. The van der Waals surface area contributed by atoms with Crippen molar-refractivity contribution in [1.82, 2.24) is 14.1 Å². The Morgan fingerprint density at radius 3 is 1.44 bits per heavy atom. The van der Waals surface area contributed by atoms with Crippen molar-refractivity contribution in [1.29, 1.82) is 0 Å². The topological polar surface area (TPSA) is 35.9 Å². The van der Waals surface area contributed by atoms with Gasteiger partial charge in [-0.2, -0.15) is 0 Å². The van der Waals surface area contributed by atoms with Gasteiger partial charge in [0.1, 0.15) is 11.2 Å². The van der Waals surface area contributed by atoms with Crippen molar-refractivity contribution in [3.05, 3.63) is 261 Å². The van der Waals surface area contributed by atoms with E-state index in [0.29, 0.717) is 0 Å². The van der Waals surface area contributed by atoms with Gasteiger partial charge in [-0.25, -0.2) is 4.98 Å². The zero-order valence-corrected chi connectivity index (χ0v) is 39.1. The molecular weight excluding hydrogens is 867 g/mol. The minimum atomic E-state index is -3.02. The van der Waals surface area contributed by atoms with Crippen LogP contribution in [0.4, 0.5) is 0 Å². The number of benzene rings is 10. The molecule has 4 aromatic heterocycles. The predicted molar refractivity (Wildman–Crippen MR) is 295 cm³/mol. The molecule has 0 saturated heterocycles. The molecule has 0 saturated carbocycles. The summed E-state index contributed by atoms with van der Waals surface area (Å²) in [5.41, 5.74) is 12.8. The lowest BCUT2D eigenvalue weighted by molar-refractivity contribution is 0.671. The first-order valence-electron chi connectivity index (χ1n) is 23.9. The molecule has 328 valence electrons. The number of rotatable bonds is 8. The second-order valence-electron chi connectivity index (χ2n) is 18.2. The molecule has 0 spiro atoms. The number of para-hydroxylation sites is 5. The molecule has 14 rings (SSSR count). The predicted octanol–water partition coefficient (Wildman–Crippen LogP) is 13.9. The van der Waals surface area contributed by atoms with Crippen molar-refractivity contribution in [3.8, 4) is 33.9 Å². The number of hydrogen-bond acceptors (Lipinski definition) is 2. The SMILES string of the molecule is c1ccc([Si](c2ccccc2)(c2cccc(-c3cccc(-c4cccc(-n5c6ccccc6c6cc(-n7c8ccccc8c8ccccc87)ccc65)c4)n3)c2)c2cccc3c2oc2ccccc23)cc1. The Kier molecular flexibility index (Phi) is 9.19. The second kappa shape index (κ2) is 16.1. The maximum absolute atomic E-state index is 6.89. The van der Waals surface area contributed by atoms with E-state index in [1.807, 2.05) is 0 Å². The third-order valence-corrected chi connectivity index (χ3v) is 19.2. The Morgan fingerprint density at radius 2 is 0.786 bits per heavy atom. The molecule has 14 aromatic rings. The number of aromatic nitrogens is 3. The Morgan fingerprint density at radius 1 is 0.314 bits per heavy atom. The Balaban J connectivity index is 0.898. The van der Waals surface area contributed by atoms with Crippen LogP contribution >= 0.6 is 0 Å². The third-order valence-electron chi connectivity index (χ3n) is 14.5.